The average Bonchev–Trinajstić information content (AvgIpc) is 2.86. The molecule has 0 radical (unpaired) electrons. The van der Waals surface area contributed by atoms with Gasteiger partial charge >= 0.3 is 11.7 Å². The van der Waals surface area contributed by atoms with E-state index in [2.05, 4.69) is 10.5 Å². The topological polar surface area (TPSA) is 129 Å². The summed E-state index contributed by atoms with van der Waals surface area (Å²) in [6.07, 6.45) is 0.319. The number of halogens is 1. The van der Waals surface area contributed by atoms with Gasteiger partial charge in [-0.15, -0.1) is 0 Å². The van der Waals surface area contributed by atoms with Gasteiger partial charge in [-0.25, -0.2) is 10.2 Å². The van der Waals surface area contributed by atoms with Gasteiger partial charge in [0.15, 0.2) is 23.4 Å². The molecule has 3 rings (SSSR count). The maximum Gasteiger partial charge on any atom is 0.343 e. The summed E-state index contributed by atoms with van der Waals surface area (Å²) in [5.41, 5.74) is 2.95. The van der Waals surface area contributed by atoms with Crippen molar-refractivity contribution in [3.63, 3.8) is 0 Å². The summed E-state index contributed by atoms with van der Waals surface area (Å²) in [5, 5.41) is 15.5. The summed E-state index contributed by atoms with van der Waals surface area (Å²) in [6.45, 7) is 3.55. The molecule has 1 atom stereocenters. The number of nitro groups is 1. The fraction of sp³-hybridized carbons (Fsp3) is 0.160. The Morgan fingerprint density at radius 1 is 1.08 bits per heavy atom. The highest BCUT2D eigenvalue weighted by Gasteiger charge is 2.20. The molecule has 1 N–H and O–H groups in total. The van der Waals surface area contributed by atoms with Gasteiger partial charge in [0.05, 0.1) is 23.3 Å². The molecule has 10 nitrogen and oxygen atoms in total. The normalized spacial score (nSPS) is 11.5. The molecule has 36 heavy (non-hydrogen) atoms. The van der Waals surface area contributed by atoms with Crippen LogP contribution in [-0.4, -0.2) is 35.7 Å². The Hall–Kier alpha value is -4.44. The van der Waals surface area contributed by atoms with Gasteiger partial charge in [0.25, 0.3) is 5.91 Å². The number of esters is 1. The number of para-hydroxylation sites is 2. The van der Waals surface area contributed by atoms with Crippen molar-refractivity contribution in [2.75, 3.05) is 6.61 Å². The number of nitro benzene ring substituents is 1. The van der Waals surface area contributed by atoms with Crippen LogP contribution in [0.2, 0.25) is 5.02 Å². The zero-order valence-electron chi connectivity index (χ0n) is 19.3. The monoisotopic (exact) mass is 511 g/mol. The molecular formula is C25H22ClN3O7. The van der Waals surface area contributed by atoms with Crippen molar-refractivity contribution in [1.82, 2.24) is 5.43 Å². The van der Waals surface area contributed by atoms with Gasteiger partial charge in [-0.3, -0.25) is 14.9 Å². The number of carbonyl (C=O) groups excluding carboxylic acids is 2. The van der Waals surface area contributed by atoms with E-state index in [-0.39, 0.29) is 17.2 Å². The fourth-order valence-corrected chi connectivity index (χ4v) is 3.04. The van der Waals surface area contributed by atoms with Crippen LogP contribution in [0.5, 0.6) is 17.2 Å². The third kappa shape index (κ3) is 7.03. The standard InChI is InChI=1S/C25H22ClN3O7/c1-3-34-23-14-17(8-13-22(23)36-25(31)18-9-11-19(26)12-10-18)15-27-28-24(30)16(2)35-21-7-5-4-6-20(21)29(32)33/h4-16H,3H2,1-2H3,(H,28,30)/b27-15-/t16-/m1/s1. The highest BCUT2D eigenvalue weighted by atomic mass is 35.5. The zero-order chi connectivity index (χ0) is 26.1. The summed E-state index contributed by atoms with van der Waals surface area (Å²) in [6, 6.07) is 16.8. The maximum atomic E-state index is 12.4. The minimum Gasteiger partial charge on any atom is -0.490 e. The van der Waals surface area contributed by atoms with Gasteiger partial charge in [0.1, 0.15) is 0 Å². The Kier molecular flexibility index (Phi) is 8.95. The Balaban J connectivity index is 1.64. The second kappa shape index (κ2) is 12.3. The van der Waals surface area contributed by atoms with Crippen LogP contribution in [0.3, 0.4) is 0 Å². The summed E-state index contributed by atoms with van der Waals surface area (Å²) in [7, 11) is 0. The van der Waals surface area contributed by atoms with Crippen molar-refractivity contribution in [2.24, 2.45) is 5.10 Å². The van der Waals surface area contributed by atoms with Gasteiger partial charge in [-0.05, 0) is 67.9 Å². The Morgan fingerprint density at radius 2 is 1.81 bits per heavy atom. The molecule has 0 saturated heterocycles. The molecule has 0 saturated carbocycles. The molecule has 0 spiro atoms. The first-order valence-corrected chi connectivity index (χ1v) is 11.1. The SMILES string of the molecule is CCOc1cc(/C=N\NC(=O)[C@@H](C)Oc2ccccc2[N+](=O)[O-])ccc1OC(=O)c1ccc(Cl)cc1. The molecule has 3 aromatic carbocycles. The van der Waals surface area contributed by atoms with E-state index in [0.717, 1.165) is 0 Å². The van der Waals surface area contributed by atoms with Crippen molar-refractivity contribution in [3.8, 4) is 17.2 Å². The summed E-state index contributed by atoms with van der Waals surface area (Å²) < 4.78 is 16.4. The number of rotatable bonds is 10. The number of nitrogens with zero attached hydrogens (tertiary/aromatic N) is 2. The van der Waals surface area contributed by atoms with E-state index >= 15 is 0 Å². The molecule has 0 heterocycles. The van der Waals surface area contributed by atoms with Gasteiger partial charge in [0.2, 0.25) is 0 Å². The molecule has 1 amide bonds. The highest BCUT2D eigenvalue weighted by Crippen LogP contribution is 2.29. The van der Waals surface area contributed by atoms with Crippen LogP contribution in [0.4, 0.5) is 5.69 Å². The van der Waals surface area contributed by atoms with E-state index in [1.807, 2.05) is 0 Å². The lowest BCUT2D eigenvalue weighted by atomic mass is 10.2. The average molecular weight is 512 g/mol. The van der Waals surface area contributed by atoms with Crippen molar-refractivity contribution in [2.45, 2.75) is 20.0 Å². The Labute approximate surface area is 211 Å². The molecule has 0 aliphatic carbocycles. The summed E-state index contributed by atoms with van der Waals surface area (Å²) >= 11 is 5.85. The number of carbonyl (C=O) groups is 2. The van der Waals surface area contributed by atoms with Crippen LogP contribution in [-0.2, 0) is 4.79 Å². The van der Waals surface area contributed by atoms with Crippen LogP contribution >= 0.6 is 11.6 Å². The predicted octanol–water partition coefficient (Wildman–Crippen LogP) is 4.78. The second-order valence-corrected chi connectivity index (χ2v) is 7.69. The zero-order valence-corrected chi connectivity index (χ0v) is 20.1. The largest absolute Gasteiger partial charge is 0.490 e. The molecule has 11 heteroatoms. The van der Waals surface area contributed by atoms with Crippen LogP contribution in [0, 0.1) is 10.1 Å². The van der Waals surface area contributed by atoms with Gasteiger partial charge in [-0.2, -0.15) is 5.10 Å². The molecule has 186 valence electrons. The number of hydrazone groups is 1. The third-order valence-electron chi connectivity index (χ3n) is 4.67. The quantitative estimate of drug-likeness (QED) is 0.136. The third-order valence-corrected chi connectivity index (χ3v) is 4.93. The first-order chi connectivity index (χ1) is 17.3. The van der Waals surface area contributed by atoms with E-state index < -0.39 is 22.9 Å². The maximum absolute atomic E-state index is 12.4. The Morgan fingerprint density at radius 3 is 2.50 bits per heavy atom. The summed E-state index contributed by atoms with van der Waals surface area (Å²) in [5.74, 6) is -0.691. The lowest BCUT2D eigenvalue weighted by molar-refractivity contribution is -0.386. The lowest BCUT2D eigenvalue weighted by Crippen LogP contribution is -2.33. The van der Waals surface area contributed by atoms with E-state index in [4.69, 9.17) is 25.8 Å². The van der Waals surface area contributed by atoms with Crippen molar-refractivity contribution < 1.29 is 28.7 Å². The molecule has 0 bridgehead atoms. The van der Waals surface area contributed by atoms with E-state index in [9.17, 15) is 19.7 Å². The predicted molar refractivity (Wildman–Crippen MR) is 133 cm³/mol. The lowest BCUT2D eigenvalue weighted by Gasteiger charge is -2.13. The van der Waals surface area contributed by atoms with Gasteiger partial charge < -0.3 is 14.2 Å². The van der Waals surface area contributed by atoms with Crippen molar-refractivity contribution in [1.29, 1.82) is 0 Å². The number of benzene rings is 3. The van der Waals surface area contributed by atoms with E-state index in [1.54, 1.807) is 55.5 Å². The first-order valence-electron chi connectivity index (χ1n) is 10.8. The second-order valence-electron chi connectivity index (χ2n) is 7.25. The molecule has 0 aromatic heterocycles. The van der Waals surface area contributed by atoms with Gasteiger partial charge in [0, 0.05) is 11.1 Å². The van der Waals surface area contributed by atoms with E-state index in [0.29, 0.717) is 28.5 Å². The molecular weight excluding hydrogens is 490 g/mol. The fourth-order valence-electron chi connectivity index (χ4n) is 2.92. The van der Waals surface area contributed by atoms with Crippen LogP contribution in [0.1, 0.15) is 29.8 Å². The number of amides is 1. The minimum absolute atomic E-state index is 0.0285. The number of ether oxygens (including phenoxy) is 3. The van der Waals surface area contributed by atoms with Crippen LogP contribution in [0.25, 0.3) is 0 Å². The van der Waals surface area contributed by atoms with Gasteiger partial charge in [-0.1, -0.05) is 23.7 Å². The minimum atomic E-state index is -1.04. The molecule has 0 aliphatic rings. The van der Waals surface area contributed by atoms with Crippen LogP contribution < -0.4 is 19.6 Å². The Bertz CT molecular complexity index is 1280. The first kappa shape index (κ1) is 26.2. The van der Waals surface area contributed by atoms with Crippen LogP contribution in [0.15, 0.2) is 71.8 Å². The number of hydrogen-bond donors (Lipinski definition) is 1. The number of nitrogens with one attached hydrogen (secondary N) is 1. The van der Waals surface area contributed by atoms with E-state index in [1.165, 1.54) is 31.3 Å². The smallest absolute Gasteiger partial charge is 0.343 e. The summed E-state index contributed by atoms with van der Waals surface area (Å²) in [4.78, 5) is 35.2. The van der Waals surface area contributed by atoms with Crippen molar-refractivity contribution >= 4 is 35.4 Å². The molecule has 0 unspecified atom stereocenters. The molecule has 0 aliphatic heterocycles. The molecule has 0 fully saturated rings. The highest BCUT2D eigenvalue weighted by molar-refractivity contribution is 6.30. The molecule has 3 aromatic rings. The van der Waals surface area contributed by atoms with Crippen molar-refractivity contribution in [3.05, 3.63) is 93.0 Å². The number of hydrogen-bond acceptors (Lipinski definition) is 8.